The zero-order valence-electron chi connectivity index (χ0n) is 18.3. The highest BCUT2D eigenvalue weighted by Crippen LogP contribution is 2.33. The highest BCUT2D eigenvalue weighted by Gasteiger charge is 2.28. The largest absolute Gasteiger partial charge is 0.465 e. The van der Waals surface area contributed by atoms with Crippen molar-refractivity contribution in [3.05, 3.63) is 65.7 Å². The van der Waals surface area contributed by atoms with E-state index in [9.17, 15) is 9.59 Å². The van der Waals surface area contributed by atoms with Crippen molar-refractivity contribution in [2.75, 3.05) is 18.4 Å². The summed E-state index contributed by atoms with van der Waals surface area (Å²) in [4.78, 5) is 27.2. The number of allylic oxidation sites excluding steroid dienone is 1. The fourth-order valence-electron chi connectivity index (χ4n) is 3.19. The molecule has 1 aliphatic heterocycles. The fraction of sp³-hybridized carbons (Fsp3) is 0.333. The lowest BCUT2D eigenvalue weighted by Gasteiger charge is -2.32. The van der Waals surface area contributed by atoms with Crippen molar-refractivity contribution in [2.24, 2.45) is 0 Å². The number of methoxy groups -OCH3 is 1. The van der Waals surface area contributed by atoms with Crippen molar-refractivity contribution in [2.45, 2.75) is 44.1 Å². The van der Waals surface area contributed by atoms with Crippen LogP contribution in [0, 0.1) is 0 Å². The molecule has 6 nitrogen and oxygen atoms in total. The number of amides is 1. The van der Waals surface area contributed by atoms with Crippen LogP contribution in [0.2, 0.25) is 0 Å². The van der Waals surface area contributed by atoms with Gasteiger partial charge in [0, 0.05) is 17.0 Å². The summed E-state index contributed by atoms with van der Waals surface area (Å²) in [6.07, 6.45) is 3.54. The topological polar surface area (TPSA) is 67.9 Å². The number of rotatable bonds is 5. The Labute approximate surface area is 187 Å². The Morgan fingerprint density at radius 2 is 1.87 bits per heavy atom. The first-order valence-electron chi connectivity index (χ1n) is 10.2. The van der Waals surface area contributed by atoms with Crippen molar-refractivity contribution in [1.29, 1.82) is 0 Å². The third-order valence-electron chi connectivity index (χ3n) is 4.57. The first kappa shape index (κ1) is 22.7. The van der Waals surface area contributed by atoms with Crippen molar-refractivity contribution in [1.82, 2.24) is 4.90 Å². The van der Waals surface area contributed by atoms with Crippen LogP contribution in [-0.4, -0.2) is 36.2 Å². The minimum absolute atomic E-state index is 0.341. The lowest BCUT2D eigenvalue weighted by Crippen LogP contribution is -2.37. The summed E-state index contributed by atoms with van der Waals surface area (Å²) >= 11 is 1.39. The third-order valence-corrected chi connectivity index (χ3v) is 5.38. The second kappa shape index (κ2) is 9.92. The van der Waals surface area contributed by atoms with Crippen LogP contribution in [0.25, 0.3) is 5.70 Å². The van der Waals surface area contributed by atoms with Gasteiger partial charge >= 0.3 is 12.1 Å². The number of nitrogens with zero attached hydrogens (tertiary/aromatic N) is 1. The average molecular weight is 441 g/mol. The van der Waals surface area contributed by atoms with Gasteiger partial charge in [0.25, 0.3) is 0 Å². The van der Waals surface area contributed by atoms with E-state index in [2.05, 4.69) is 10.8 Å². The second-order valence-corrected chi connectivity index (χ2v) is 9.01. The van der Waals surface area contributed by atoms with Crippen molar-refractivity contribution < 1.29 is 19.1 Å². The minimum Gasteiger partial charge on any atom is -0.465 e. The first-order valence-corrected chi connectivity index (χ1v) is 11.0. The zero-order valence-corrected chi connectivity index (χ0v) is 19.1. The maximum Gasteiger partial charge on any atom is 0.414 e. The van der Waals surface area contributed by atoms with E-state index in [0.717, 1.165) is 34.7 Å². The molecule has 0 atom stereocenters. The maximum absolute atomic E-state index is 12.8. The van der Waals surface area contributed by atoms with E-state index >= 15 is 0 Å². The first-order chi connectivity index (χ1) is 14.8. The Kier molecular flexibility index (Phi) is 7.28. The molecule has 164 valence electrons. The lowest BCUT2D eigenvalue weighted by molar-refractivity contribution is 0.0346. The summed E-state index contributed by atoms with van der Waals surface area (Å²) in [5, 5.41) is 0. The molecule has 2 aromatic rings. The molecule has 0 aliphatic carbocycles. The van der Waals surface area contributed by atoms with Gasteiger partial charge in [0.05, 0.1) is 24.1 Å². The van der Waals surface area contributed by atoms with Crippen LogP contribution in [0.15, 0.2) is 59.5 Å². The number of esters is 1. The van der Waals surface area contributed by atoms with E-state index in [1.165, 1.54) is 19.1 Å². The number of carbonyl (C=O) groups is 2. The quantitative estimate of drug-likeness (QED) is 0.457. The molecule has 1 amide bonds. The van der Waals surface area contributed by atoms with Crippen molar-refractivity contribution >= 4 is 35.4 Å². The van der Waals surface area contributed by atoms with Crippen LogP contribution in [0.1, 0.15) is 49.5 Å². The molecule has 31 heavy (non-hydrogen) atoms. The van der Waals surface area contributed by atoms with Crippen LogP contribution in [0.5, 0.6) is 0 Å². The highest BCUT2D eigenvalue weighted by atomic mass is 32.2. The second-order valence-electron chi connectivity index (χ2n) is 8.13. The summed E-state index contributed by atoms with van der Waals surface area (Å²) in [5.41, 5.74) is 2.57. The Morgan fingerprint density at radius 1 is 1.10 bits per heavy atom. The van der Waals surface area contributed by atoms with Gasteiger partial charge in [-0.05, 0) is 69.8 Å². The van der Waals surface area contributed by atoms with Crippen molar-refractivity contribution in [3.8, 4) is 0 Å². The molecule has 2 aromatic carbocycles. The summed E-state index contributed by atoms with van der Waals surface area (Å²) < 4.78 is 13.8. The number of anilines is 1. The van der Waals surface area contributed by atoms with E-state index in [-0.39, 0.29) is 12.1 Å². The van der Waals surface area contributed by atoms with E-state index in [1.807, 2.05) is 57.2 Å². The van der Waals surface area contributed by atoms with Gasteiger partial charge in [0.1, 0.15) is 5.60 Å². The number of carbonyl (C=O) groups excluding carboxylic acids is 2. The number of para-hydroxylation sites is 1. The molecule has 0 saturated carbocycles. The molecular weight excluding hydrogens is 412 g/mol. The SMILES string of the molecule is COC(=O)c1cccc(SNc2ccccc2C2=CCCCN2C(=O)OC(C)(C)C)c1. The summed E-state index contributed by atoms with van der Waals surface area (Å²) in [5.74, 6) is -0.372. The number of benzene rings is 2. The Morgan fingerprint density at radius 3 is 2.61 bits per heavy atom. The van der Waals surface area contributed by atoms with Crippen LogP contribution < -0.4 is 4.72 Å². The smallest absolute Gasteiger partial charge is 0.414 e. The van der Waals surface area contributed by atoms with Gasteiger partial charge in [0.15, 0.2) is 0 Å². The molecular formula is C24H28N2O4S. The monoisotopic (exact) mass is 440 g/mol. The molecule has 0 fully saturated rings. The number of nitrogens with one attached hydrogen (secondary N) is 1. The van der Waals surface area contributed by atoms with Gasteiger partial charge in [-0.25, -0.2) is 9.59 Å². The zero-order chi connectivity index (χ0) is 22.4. The van der Waals surface area contributed by atoms with Crippen LogP contribution in [-0.2, 0) is 9.47 Å². The standard InChI is InChI=1S/C24H28N2O4S/c1-24(2,3)30-23(28)26-15-8-7-14-21(26)19-12-5-6-13-20(19)25-31-18-11-9-10-17(16-18)22(27)29-4/h5-6,9-14,16,25H,7-8,15H2,1-4H3. The molecule has 1 N–H and O–H groups in total. The van der Waals surface area contributed by atoms with Gasteiger partial charge in [-0.15, -0.1) is 0 Å². The van der Waals surface area contributed by atoms with Gasteiger partial charge in [-0.3, -0.25) is 4.90 Å². The van der Waals surface area contributed by atoms with Gasteiger partial charge in [-0.1, -0.05) is 30.3 Å². The highest BCUT2D eigenvalue weighted by molar-refractivity contribution is 8.00. The Hall–Kier alpha value is -2.93. The Bertz CT molecular complexity index is 982. The van der Waals surface area contributed by atoms with Gasteiger partial charge < -0.3 is 14.2 Å². The summed E-state index contributed by atoms with van der Waals surface area (Å²) in [6.45, 7) is 6.22. The predicted octanol–water partition coefficient (Wildman–Crippen LogP) is 5.96. The molecule has 0 bridgehead atoms. The number of ether oxygens (including phenoxy) is 2. The lowest BCUT2D eigenvalue weighted by atomic mass is 10.0. The predicted molar refractivity (Wildman–Crippen MR) is 124 cm³/mol. The number of hydrogen-bond donors (Lipinski definition) is 1. The summed E-state index contributed by atoms with van der Waals surface area (Å²) in [6, 6.07) is 15.1. The molecule has 0 spiro atoms. The van der Waals surface area contributed by atoms with E-state index in [1.54, 1.807) is 17.0 Å². The Balaban J connectivity index is 1.82. The molecule has 0 unspecified atom stereocenters. The third kappa shape index (κ3) is 6.04. The summed E-state index contributed by atoms with van der Waals surface area (Å²) in [7, 11) is 1.37. The molecule has 1 aliphatic rings. The van der Waals surface area contributed by atoms with Crippen molar-refractivity contribution in [3.63, 3.8) is 0 Å². The van der Waals surface area contributed by atoms with Gasteiger partial charge in [0.2, 0.25) is 0 Å². The van der Waals surface area contributed by atoms with Crippen LogP contribution in [0.3, 0.4) is 0 Å². The van der Waals surface area contributed by atoms with E-state index in [0.29, 0.717) is 12.1 Å². The van der Waals surface area contributed by atoms with E-state index < -0.39 is 5.60 Å². The molecule has 7 heteroatoms. The fourth-order valence-corrected chi connectivity index (χ4v) is 3.93. The minimum atomic E-state index is -0.558. The molecule has 0 radical (unpaired) electrons. The van der Waals surface area contributed by atoms with Crippen LogP contribution >= 0.6 is 11.9 Å². The van der Waals surface area contributed by atoms with E-state index in [4.69, 9.17) is 9.47 Å². The average Bonchev–Trinajstić information content (AvgIpc) is 2.76. The maximum atomic E-state index is 12.8. The molecule has 0 saturated heterocycles. The molecule has 0 aromatic heterocycles. The molecule has 1 heterocycles. The molecule has 3 rings (SSSR count). The normalized spacial score (nSPS) is 13.9. The number of hydrogen-bond acceptors (Lipinski definition) is 6. The van der Waals surface area contributed by atoms with Crippen LogP contribution in [0.4, 0.5) is 10.5 Å². The van der Waals surface area contributed by atoms with Gasteiger partial charge in [-0.2, -0.15) is 0 Å².